The second kappa shape index (κ2) is 6.56. The number of benzene rings is 1. The predicted octanol–water partition coefficient (Wildman–Crippen LogP) is 2.92. The minimum absolute atomic E-state index is 0.00828. The smallest absolute Gasteiger partial charge is 0.416 e. The fourth-order valence-electron chi connectivity index (χ4n) is 1.70. The molecule has 3 nitrogen and oxygen atoms in total. The van der Waals surface area contributed by atoms with Crippen molar-refractivity contribution in [2.45, 2.75) is 25.6 Å². The first-order valence-corrected chi connectivity index (χ1v) is 5.88. The number of rotatable bonds is 5. The Morgan fingerprint density at radius 2 is 2.11 bits per heavy atom. The van der Waals surface area contributed by atoms with Crippen LogP contribution < -0.4 is 5.32 Å². The van der Waals surface area contributed by atoms with Gasteiger partial charge >= 0.3 is 12.1 Å². The lowest BCUT2D eigenvalue weighted by Crippen LogP contribution is -2.21. The topological polar surface area (TPSA) is 38.3 Å². The van der Waals surface area contributed by atoms with Gasteiger partial charge < -0.3 is 10.1 Å². The van der Waals surface area contributed by atoms with Crippen LogP contribution in [0.1, 0.15) is 30.5 Å². The highest BCUT2D eigenvalue weighted by Crippen LogP contribution is 2.31. The van der Waals surface area contributed by atoms with Crippen molar-refractivity contribution < 1.29 is 22.7 Å². The third-order valence-electron chi connectivity index (χ3n) is 2.64. The van der Waals surface area contributed by atoms with Crippen LogP contribution in [-0.2, 0) is 15.7 Å². The Hall–Kier alpha value is -1.56. The maximum atomic E-state index is 12.6. The van der Waals surface area contributed by atoms with E-state index in [1.165, 1.54) is 6.07 Å². The van der Waals surface area contributed by atoms with Gasteiger partial charge in [0.25, 0.3) is 0 Å². The molecule has 1 aromatic carbocycles. The molecular weight excluding hydrogens is 259 g/mol. The van der Waals surface area contributed by atoms with Crippen molar-refractivity contribution in [1.82, 2.24) is 5.32 Å². The van der Waals surface area contributed by atoms with Gasteiger partial charge in [0.15, 0.2) is 0 Å². The zero-order valence-electron chi connectivity index (χ0n) is 10.8. The number of esters is 1. The summed E-state index contributed by atoms with van der Waals surface area (Å²) in [4.78, 5) is 11.4. The number of halogens is 3. The van der Waals surface area contributed by atoms with Crippen LogP contribution in [0, 0.1) is 0 Å². The number of hydrogen-bond acceptors (Lipinski definition) is 3. The molecule has 0 aliphatic carbocycles. The predicted molar refractivity (Wildman–Crippen MR) is 64.5 cm³/mol. The van der Waals surface area contributed by atoms with Crippen LogP contribution >= 0.6 is 0 Å². The third kappa shape index (κ3) is 4.55. The standard InChI is InChI=1S/C13H16F3NO2/c1-3-19-12(18)8-11(17-2)9-5-4-6-10(7-9)13(14,15)16/h4-7,11,17H,3,8H2,1-2H3. The normalized spacial score (nSPS) is 13.1. The van der Waals surface area contributed by atoms with E-state index in [0.29, 0.717) is 5.56 Å². The molecule has 1 aromatic rings. The number of ether oxygens (including phenoxy) is 1. The summed E-state index contributed by atoms with van der Waals surface area (Å²) >= 11 is 0. The Kier molecular flexibility index (Phi) is 5.35. The van der Waals surface area contributed by atoms with Gasteiger partial charge in [-0.05, 0) is 31.7 Å². The van der Waals surface area contributed by atoms with Gasteiger partial charge in [0.2, 0.25) is 0 Å². The van der Waals surface area contributed by atoms with Gasteiger partial charge in [-0.15, -0.1) is 0 Å². The molecule has 0 spiro atoms. The molecule has 0 saturated carbocycles. The lowest BCUT2D eigenvalue weighted by molar-refractivity contribution is -0.143. The van der Waals surface area contributed by atoms with E-state index in [1.54, 1.807) is 20.0 Å². The average molecular weight is 275 g/mol. The molecule has 0 aliphatic rings. The first-order valence-electron chi connectivity index (χ1n) is 5.88. The van der Waals surface area contributed by atoms with Crippen molar-refractivity contribution in [3.63, 3.8) is 0 Å². The molecule has 0 heterocycles. The minimum Gasteiger partial charge on any atom is -0.466 e. The lowest BCUT2D eigenvalue weighted by atomic mass is 10.0. The van der Waals surface area contributed by atoms with Crippen LogP contribution in [0.25, 0.3) is 0 Å². The van der Waals surface area contributed by atoms with E-state index in [2.05, 4.69) is 5.32 Å². The fraction of sp³-hybridized carbons (Fsp3) is 0.462. The van der Waals surface area contributed by atoms with E-state index >= 15 is 0 Å². The molecule has 0 radical (unpaired) electrons. The van der Waals surface area contributed by atoms with Gasteiger partial charge in [-0.2, -0.15) is 13.2 Å². The molecule has 106 valence electrons. The Labute approximate surface area is 109 Å². The van der Waals surface area contributed by atoms with Crippen LogP contribution in [0.5, 0.6) is 0 Å². The lowest BCUT2D eigenvalue weighted by Gasteiger charge is -2.17. The second-order valence-corrected chi connectivity index (χ2v) is 3.97. The average Bonchev–Trinajstić information content (AvgIpc) is 2.35. The Bertz CT molecular complexity index is 432. The Morgan fingerprint density at radius 1 is 1.42 bits per heavy atom. The fourth-order valence-corrected chi connectivity index (χ4v) is 1.70. The van der Waals surface area contributed by atoms with Crippen molar-refractivity contribution in [2.24, 2.45) is 0 Å². The number of carbonyl (C=O) groups excluding carboxylic acids is 1. The SMILES string of the molecule is CCOC(=O)CC(NC)c1cccc(C(F)(F)F)c1. The zero-order chi connectivity index (χ0) is 14.5. The van der Waals surface area contributed by atoms with E-state index in [0.717, 1.165) is 12.1 Å². The quantitative estimate of drug-likeness (QED) is 0.840. The number of nitrogens with one attached hydrogen (secondary N) is 1. The monoisotopic (exact) mass is 275 g/mol. The number of carbonyl (C=O) groups is 1. The molecule has 0 aliphatic heterocycles. The van der Waals surface area contributed by atoms with Gasteiger partial charge in [-0.1, -0.05) is 12.1 Å². The molecular formula is C13H16F3NO2. The van der Waals surface area contributed by atoms with E-state index < -0.39 is 23.8 Å². The van der Waals surface area contributed by atoms with Crippen LogP contribution in [0.2, 0.25) is 0 Å². The molecule has 0 bridgehead atoms. The van der Waals surface area contributed by atoms with Crippen molar-refractivity contribution in [1.29, 1.82) is 0 Å². The molecule has 1 atom stereocenters. The first-order chi connectivity index (χ1) is 8.88. The maximum absolute atomic E-state index is 12.6. The highest BCUT2D eigenvalue weighted by Gasteiger charge is 2.31. The van der Waals surface area contributed by atoms with Gasteiger partial charge in [0.1, 0.15) is 0 Å². The van der Waals surface area contributed by atoms with E-state index in [4.69, 9.17) is 4.74 Å². The van der Waals surface area contributed by atoms with E-state index in [1.807, 2.05) is 0 Å². The van der Waals surface area contributed by atoms with Crippen molar-refractivity contribution in [3.8, 4) is 0 Å². The van der Waals surface area contributed by atoms with Gasteiger partial charge in [-0.3, -0.25) is 4.79 Å². The summed E-state index contributed by atoms with van der Waals surface area (Å²) in [5, 5.41) is 2.82. The molecule has 0 aromatic heterocycles. The van der Waals surface area contributed by atoms with Crippen LogP contribution in [-0.4, -0.2) is 19.6 Å². The van der Waals surface area contributed by atoms with E-state index in [-0.39, 0.29) is 13.0 Å². The second-order valence-electron chi connectivity index (χ2n) is 3.97. The summed E-state index contributed by atoms with van der Waals surface area (Å²) in [5.74, 6) is -0.445. The number of alkyl halides is 3. The zero-order valence-corrected chi connectivity index (χ0v) is 10.8. The first kappa shape index (κ1) is 15.5. The molecule has 6 heteroatoms. The van der Waals surface area contributed by atoms with Gasteiger partial charge in [0, 0.05) is 6.04 Å². The van der Waals surface area contributed by atoms with Gasteiger partial charge in [-0.25, -0.2) is 0 Å². The van der Waals surface area contributed by atoms with Crippen LogP contribution in [0.4, 0.5) is 13.2 Å². The minimum atomic E-state index is -4.39. The van der Waals surface area contributed by atoms with E-state index in [9.17, 15) is 18.0 Å². The maximum Gasteiger partial charge on any atom is 0.416 e. The van der Waals surface area contributed by atoms with Gasteiger partial charge in [0.05, 0.1) is 18.6 Å². The summed E-state index contributed by atoms with van der Waals surface area (Å²) in [6.07, 6.45) is -4.40. The summed E-state index contributed by atoms with van der Waals surface area (Å²) < 4.78 is 42.6. The highest BCUT2D eigenvalue weighted by molar-refractivity contribution is 5.70. The van der Waals surface area contributed by atoms with Crippen molar-refractivity contribution >= 4 is 5.97 Å². The molecule has 0 saturated heterocycles. The van der Waals surface area contributed by atoms with Crippen molar-refractivity contribution in [2.75, 3.05) is 13.7 Å². The molecule has 1 rings (SSSR count). The largest absolute Gasteiger partial charge is 0.466 e. The molecule has 0 fully saturated rings. The van der Waals surface area contributed by atoms with Crippen LogP contribution in [0.15, 0.2) is 24.3 Å². The number of hydrogen-bond donors (Lipinski definition) is 1. The Morgan fingerprint density at radius 3 is 2.63 bits per heavy atom. The third-order valence-corrected chi connectivity index (χ3v) is 2.64. The summed E-state index contributed by atoms with van der Waals surface area (Å²) in [6.45, 7) is 1.93. The molecule has 19 heavy (non-hydrogen) atoms. The van der Waals surface area contributed by atoms with Crippen molar-refractivity contribution in [3.05, 3.63) is 35.4 Å². The summed E-state index contributed by atoms with van der Waals surface area (Å²) in [6, 6.07) is 4.42. The molecule has 1 unspecified atom stereocenters. The summed E-state index contributed by atoms with van der Waals surface area (Å²) in [7, 11) is 1.59. The Balaban J connectivity index is 2.90. The molecule has 1 N–H and O–H groups in total. The summed E-state index contributed by atoms with van der Waals surface area (Å²) in [5.41, 5.74) is -0.320. The molecule has 0 amide bonds. The highest BCUT2D eigenvalue weighted by atomic mass is 19.4. The van der Waals surface area contributed by atoms with Crippen LogP contribution in [0.3, 0.4) is 0 Å².